The molecule has 0 saturated heterocycles. The Labute approximate surface area is 156 Å². The van der Waals surface area contributed by atoms with E-state index in [1.807, 2.05) is 50.8 Å². The van der Waals surface area contributed by atoms with Crippen molar-refractivity contribution >= 4 is 17.6 Å². The Kier molecular flexibility index (Phi) is 9.97. The quantitative estimate of drug-likeness (QED) is 0.493. The second-order valence-corrected chi connectivity index (χ2v) is 5.50. The van der Waals surface area contributed by atoms with E-state index in [1.54, 1.807) is 7.11 Å². The maximum atomic E-state index is 12.1. The molecule has 2 N–H and O–H groups in total. The van der Waals surface area contributed by atoms with Gasteiger partial charge in [0.05, 0.1) is 20.3 Å². The van der Waals surface area contributed by atoms with Crippen molar-refractivity contribution in [2.75, 3.05) is 45.2 Å². The lowest BCUT2D eigenvalue weighted by molar-refractivity contribution is -0.130. The fraction of sp³-hybridized carbons (Fsp3) is 0.579. The third kappa shape index (κ3) is 6.82. The number of aliphatic imine (C=N–C) groups is 1. The molecule has 26 heavy (non-hydrogen) atoms. The summed E-state index contributed by atoms with van der Waals surface area (Å²) in [5, 5.41) is 6.42. The first-order chi connectivity index (χ1) is 12.6. The number of carbonyl (C=O) groups is 1. The van der Waals surface area contributed by atoms with Crippen molar-refractivity contribution < 1.29 is 14.3 Å². The number of nitrogens with zero attached hydrogens (tertiary/aromatic N) is 2. The Morgan fingerprint density at radius 2 is 1.88 bits per heavy atom. The summed E-state index contributed by atoms with van der Waals surface area (Å²) in [6.45, 7) is 11.1. The van der Waals surface area contributed by atoms with Crippen LogP contribution in [0.5, 0.6) is 11.5 Å². The maximum absolute atomic E-state index is 12.1. The van der Waals surface area contributed by atoms with Crippen LogP contribution in [-0.4, -0.2) is 56.7 Å². The van der Waals surface area contributed by atoms with Gasteiger partial charge in [0, 0.05) is 37.8 Å². The average Bonchev–Trinajstić information content (AvgIpc) is 2.63. The van der Waals surface area contributed by atoms with E-state index in [2.05, 4.69) is 15.6 Å². The van der Waals surface area contributed by atoms with Gasteiger partial charge in [-0.25, -0.2) is 0 Å². The highest BCUT2D eigenvalue weighted by Gasteiger charge is 2.10. The van der Waals surface area contributed by atoms with E-state index in [1.165, 1.54) is 0 Å². The zero-order chi connectivity index (χ0) is 19.4. The van der Waals surface area contributed by atoms with Gasteiger partial charge in [0.1, 0.15) is 0 Å². The molecule has 7 heteroatoms. The SMILES string of the molecule is CCNC(=NCCC(=O)N(CC)CC)Nc1ccc(OC)c(OCC)c1. The molecule has 7 nitrogen and oxygen atoms in total. The van der Waals surface area contributed by atoms with Crippen LogP contribution in [0.1, 0.15) is 34.1 Å². The van der Waals surface area contributed by atoms with Gasteiger partial charge in [-0.15, -0.1) is 0 Å². The van der Waals surface area contributed by atoms with Gasteiger partial charge in [0.2, 0.25) is 5.91 Å². The Balaban J connectivity index is 2.78. The van der Waals surface area contributed by atoms with Gasteiger partial charge in [-0.05, 0) is 39.8 Å². The molecule has 0 atom stereocenters. The number of hydrogen-bond donors (Lipinski definition) is 2. The van der Waals surface area contributed by atoms with Crippen molar-refractivity contribution in [3.8, 4) is 11.5 Å². The Bertz CT molecular complexity index is 586. The number of rotatable bonds is 10. The highest BCUT2D eigenvalue weighted by molar-refractivity contribution is 5.94. The van der Waals surface area contributed by atoms with Crippen molar-refractivity contribution in [2.24, 2.45) is 4.99 Å². The molecule has 0 bridgehead atoms. The highest BCUT2D eigenvalue weighted by atomic mass is 16.5. The summed E-state index contributed by atoms with van der Waals surface area (Å²) in [5.41, 5.74) is 0.837. The summed E-state index contributed by atoms with van der Waals surface area (Å²) in [4.78, 5) is 18.4. The monoisotopic (exact) mass is 364 g/mol. The molecule has 1 rings (SSSR count). The first-order valence-electron chi connectivity index (χ1n) is 9.23. The largest absolute Gasteiger partial charge is 0.493 e. The number of amides is 1. The molecule has 1 amide bonds. The van der Waals surface area contributed by atoms with Crippen LogP contribution in [0, 0.1) is 0 Å². The minimum Gasteiger partial charge on any atom is -0.493 e. The summed E-state index contributed by atoms with van der Waals surface area (Å²) in [6.07, 6.45) is 0.394. The fourth-order valence-corrected chi connectivity index (χ4v) is 2.46. The third-order valence-electron chi connectivity index (χ3n) is 3.78. The van der Waals surface area contributed by atoms with Crippen LogP contribution in [0.4, 0.5) is 5.69 Å². The van der Waals surface area contributed by atoms with E-state index in [0.29, 0.717) is 37.0 Å². The van der Waals surface area contributed by atoms with Crippen molar-refractivity contribution in [2.45, 2.75) is 34.1 Å². The van der Waals surface area contributed by atoms with Crippen LogP contribution < -0.4 is 20.1 Å². The van der Waals surface area contributed by atoms with Crippen molar-refractivity contribution in [3.63, 3.8) is 0 Å². The number of methoxy groups -OCH3 is 1. The molecule has 0 aliphatic rings. The van der Waals surface area contributed by atoms with Crippen molar-refractivity contribution in [1.82, 2.24) is 10.2 Å². The van der Waals surface area contributed by atoms with E-state index in [4.69, 9.17) is 9.47 Å². The molecule has 0 fully saturated rings. The smallest absolute Gasteiger partial charge is 0.224 e. The molecule has 1 aromatic rings. The van der Waals surface area contributed by atoms with E-state index in [0.717, 1.165) is 25.3 Å². The first-order valence-corrected chi connectivity index (χ1v) is 9.23. The normalized spacial score (nSPS) is 11.0. The van der Waals surface area contributed by atoms with E-state index in [-0.39, 0.29) is 5.91 Å². The molecule has 146 valence electrons. The predicted molar refractivity (Wildman–Crippen MR) is 106 cm³/mol. The Hall–Kier alpha value is -2.44. The minimum absolute atomic E-state index is 0.123. The van der Waals surface area contributed by atoms with Gasteiger partial charge in [-0.2, -0.15) is 0 Å². The van der Waals surface area contributed by atoms with Crippen LogP contribution in [0.25, 0.3) is 0 Å². The van der Waals surface area contributed by atoms with Gasteiger partial charge >= 0.3 is 0 Å². The number of ether oxygens (including phenoxy) is 2. The number of benzene rings is 1. The van der Waals surface area contributed by atoms with E-state index < -0.39 is 0 Å². The number of nitrogens with one attached hydrogen (secondary N) is 2. The van der Waals surface area contributed by atoms with E-state index >= 15 is 0 Å². The molecule has 1 aromatic carbocycles. The van der Waals surface area contributed by atoms with E-state index in [9.17, 15) is 4.79 Å². The standard InChI is InChI=1S/C19H32N4O3/c1-6-20-19(21-13-12-18(24)23(7-2)8-3)22-15-10-11-16(25-5)17(14-15)26-9-4/h10-11,14H,6-9,12-13H2,1-5H3,(H2,20,21,22). The summed E-state index contributed by atoms with van der Waals surface area (Å²) in [7, 11) is 1.61. The van der Waals surface area contributed by atoms with Crippen LogP contribution >= 0.6 is 0 Å². The van der Waals surface area contributed by atoms with Gasteiger partial charge in [0.15, 0.2) is 17.5 Å². The van der Waals surface area contributed by atoms with Crippen molar-refractivity contribution in [3.05, 3.63) is 18.2 Å². The number of anilines is 1. The molecule has 0 saturated carbocycles. The number of carbonyl (C=O) groups excluding carboxylic acids is 1. The molecular weight excluding hydrogens is 332 g/mol. The zero-order valence-corrected chi connectivity index (χ0v) is 16.6. The number of guanidine groups is 1. The predicted octanol–water partition coefficient (Wildman–Crippen LogP) is 2.73. The summed E-state index contributed by atoms with van der Waals surface area (Å²) >= 11 is 0. The lowest BCUT2D eigenvalue weighted by atomic mass is 10.2. The van der Waals surface area contributed by atoms with Crippen LogP contribution in [0.3, 0.4) is 0 Å². The summed E-state index contributed by atoms with van der Waals surface area (Å²) in [6, 6.07) is 5.62. The van der Waals surface area contributed by atoms with Gasteiger partial charge in [0.25, 0.3) is 0 Å². The third-order valence-corrected chi connectivity index (χ3v) is 3.78. The van der Waals surface area contributed by atoms with Crippen LogP contribution in [0.2, 0.25) is 0 Å². The molecule has 0 radical (unpaired) electrons. The lowest BCUT2D eigenvalue weighted by Gasteiger charge is -2.18. The second kappa shape index (κ2) is 12.0. The van der Waals surface area contributed by atoms with Gasteiger partial charge in [-0.1, -0.05) is 0 Å². The summed E-state index contributed by atoms with van der Waals surface area (Å²) < 4.78 is 10.9. The molecule has 0 heterocycles. The van der Waals surface area contributed by atoms with Crippen molar-refractivity contribution in [1.29, 1.82) is 0 Å². The minimum atomic E-state index is 0.123. The average molecular weight is 364 g/mol. The Morgan fingerprint density at radius 1 is 1.15 bits per heavy atom. The van der Waals surface area contributed by atoms with Gasteiger partial charge < -0.3 is 25.0 Å². The maximum Gasteiger partial charge on any atom is 0.224 e. The summed E-state index contributed by atoms with van der Waals surface area (Å²) in [5.74, 6) is 2.11. The fourth-order valence-electron chi connectivity index (χ4n) is 2.46. The zero-order valence-electron chi connectivity index (χ0n) is 16.6. The lowest BCUT2D eigenvalue weighted by Crippen LogP contribution is -2.32. The molecule has 0 aliphatic heterocycles. The highest BCUT2D eigenvalue weighted by Crippen LogP contribution is 2.30. The molecule has 0 aliphatic carbocycles. The molecule has 0 aromatic heterocycles. The second-order valence-electron chi connectivity index (χ2n) is 5.50. The topological polar surface area (TPSA) is 75.2 Å². The Morgan fingerprint density at radius 3 is 2.46 bits per heavy atom. The molecule has 0 spiro atoms. The van der Waals surface area contributed by atoms with Crippen LogP contribution in [-0.2, 0) is 4.79 Å². The molecule has 0 unspecified atom stereocenters. The van der Waals surface area contributed by atoms with Crippen LogP contribution in [0.15, 0.2) is 23.2 Å². The number of hydrogen-bond acceptors (Lipinski definition) is 4. The first kappa shape index (κ1) is 21.6. The molecular formula is C19H32N4O3. The van der Waals surface area contributed by atoms with Gasteiger partial charge in [-0.3, -0.25) is 9.79 Å².